The molecule has 0 bridgehead atoms. The fraction of sp³-hybridized carbons (Fsp3) is 0.211. The number of furan rings is 2. The first kappa shape index (κ1) is 16.1. The van der Waals surface area contributed by atoms with E-state index in [0.717, 1.165) is 11.1 Å². The Morgan fingerprint density at radius 2 is 1.88 bits per heavy atom. The second kappa shape index (κ2) is 7.19. The van der Waals surface area contributed by atoms with Crippen LogP contribution in [0.5, 0.6) is 0 Å². The van der Waals surface area contributed by atoms with Crippen LogP contribution in [0.1, 0.15) is 35.8 Å². The van der Waals surface area contributed by atoms with Gasteiger partial charge in [0.2, 0.25) is 0 Å². The fourth-order valence-corrected chi connectivity index (χ4v) is 2.61. The summed E-state index contributed by atoms with van der Waals surface area (Å²) in [5.41, 5.74) is 1.66. The van der Waals surface area contributed by atoms with Gasteiger partial charge in [0, 0.05) is 18.0 Å². The number of amides is 1. The van der Waals surface area contributed by atoms with Gasteiger partial charge in [0.15, 0.2) is 5.76 Å². The molecular weight excluding hydrogens is 306 g/mol. The Labute approximate surface area is 139 Å². The van der Waals surface area contributed by atoms with Crippen LogP contribution in [0.25, 0.3) is 11.1 Å². The van der Waals surface area contributed by atoms with Crippen molar-refractivity contribution >= 4 is 5.91 Å². The lowest BCUT2D eigenvalue weighted by atomic mass is 10.1. The molecule has 0 aliphatic carbocycles. The molecule has 1 aromatic carbocycles. The zero-order valence-corrected chi connectivity index (χ0v) is 13.3. The largest absolute Gasteiger partial charge is 0.467 e. The molecule has 1 amide bonds. The third-order valence-corrected chi connectivity index (χ3v) is 3.78. The molecule has 24 heavy (non-hydrogen) atoms. The van der Waals surface area contributed by atoms with Crippen molar-refractivity contribution in [2.45, 2.75) is 25.5 Å². The number of benzene rings is 1. The molecular formula is C19H19NO4. The fourth-order valence-electron chi connectivity index (χ4n) is 2.61. The molecule has 0 spiro atoms. The van der Waals surface area contributed by atoms with Crippen LogP contribution >= 0.6 is 0 Å². The van der Waals surface area contributed by atoms with E-state index in [4.69, 9.17) is 8.83 Å². The number of aliphatic hydroxyl groups is 1. The SMILES string of the molecule is C[C@@H](C[C@@H](O)c1ccco1)NC(=O)c1occc1-c1ccccc1. The Morgan fingerprint density at radius 1 is 1.08 bits per heavy atom. The minimum absolute atomic E-state index is 0.244. The molecule has 3 aromatic rings. The minimum atomic E-state index is -0.763. The highest BCUT2D eigenvalue weighted by Gasteiger charge is 2.21. The predicted octanol–water partition coefficient (Wildman–Crippen LogP) is 3.78. The number of carbonyl (C=O) groups is 1. The molecule has 0 unspecified atom stereocenters. The first-order valence-corrected chi connectivity index (χ1v) is 7.80. The van der Waals surface area contributed by atoms with Gasteiger partial charge in [-0.3, -0.25) is 4.79 Å². The topological polar surface area (TPSA) is 75.6 Å². The Balaban J connectivity index is 1.66. The minimum Gasteiger partial charge on any atom is -0.467 e. The summed E-state index contributed by atoms with van der Waals surface area (Å²) in [4.78, 5) is 12.5. The van der Waals surface area contributed by atoms with Gasteiger partial charge in [-0.2, -0.15) is 0 Å². The average Bonchev–Trinajstić information content (AvgIpc) is 3.27. The van der Waals surface area contributed by atoms with E-state index in [2.05, 4.69) is 5.32 Å². The summed E-state index contributed by atoms with van der Waals surface area (Å²) in [6.07, 6.45) is 2.59. The van der Waals surface area contributed by atoms with Gasteiger partial charge in [0.05, 0.1) is 12.5 Å². The van der Waals surface area contributed by atoms with E-state index < -0.39 is 6.10 Å². The lowest BCUT2D eigenvalue weighted by molar-refractivity contribution is 0.0877. The Hall–Kier alpha value is -2.79. The molecule has 2 aromatic heterocycles. The number of aliphatic hydroxyl groups excluding tert-OH is 1. The predicted molar refractivity (Wildman–Crippen MR) is 89.4 cm³/mol. The van der Waals surface area contributed by atoms with Crippen LogP contribution in [0.15, 0.2) is 69.9 Å². The standard InChI is InChI=1S/C19H19NO4/c1-13(12-16(21)17-8-5-10-23-17)20-19(22)18-15(9-11-24-18)14-6-3-2-4-7-14/h2-11,13,16,21H,12H2,1H3,(H,20,22)/t13-,16+/m0/s1. The molecule has 5 nitrogen and oxygen atoms in total. The highest BCUT2D eigenvalue weighted by atomic mass is 16.4. The van der Waals surface area contributed by atoms with Crippen LogP contribution in [0.3, 0.4) is 0 Å². The van der Waals surface area contributed by atoms with Gasteiger partial charge in [-0.15, -0.1) is 0 Å². The number of carbonyl (C=O) groups excluding carboxylic acids is 1. The van der Waals surface area contributed by atoms with E-state index in [0.29, 0.717) is 12.2 Å². The molecule has 2 heterocycles. The van der Waals surface area contributed by atoms with Crippen LogP contribution in [-0.2, 0) is 0 Å². The zero-order chi connectivity index (χ0) is 16.9. The van der Waals surface area contributed by atoms with E-state index in [1.807, 2.05) is 37.3 Å². The van der Waals surface area contributed by atoms with Crippen LogP contribution in [0.4, 0.5) is 0 Å². The molecule has 0 aliphatic rings. The van der Waals surface area contributed by atoms with Gasteiger partial charge in [0.1, 0.15) is 11.9 Å². The first-order chi connectivity index (χ1) is 11.6. The maximum absolute atomic E-state index is 12.5. The van der Waals surface area contributed by atoms with Crippen LogP contribution < -0.4 is 5.32 Å². The van der Waals surface area contributed by atoms with Crippen LogP contribution in [0, 0.1) is 0 Å². The molecule has 5 heteroatoms. The molecule has 2 N–H and O–H groups in total. The van der Waals surface area contributed by atoms with Crippen molar-refractivity contribution in [1.29, 1.82) is 0 Å². The maximum Gasteiger partial charge on any atom is 0.287 e. The van der Waals surface area contributed by atoms with E-state index in [-0.39, 0.29) is 17.7 Å². The van der Waals surface area contributed by atoms with Gasteiger partial charge in [-0.05, 0) is 30.7 Å². The molecule has 0 fully saturated rings. The maximum atomic E-state index is 12.5. The van der Waals surface area contributed by atoms with Gasteiger partial charge >= 0.3 is 0 Å². The van der Waals surface area contributed by atoms with Gasteiger partial charge in [0.25, 0.3) is 5.91 Å². The van der Waals surface area contributed by atoms with Crippen molar-refractivity contribution in [3.63, 3.8) is 0 Å². The molecule has 0 saturated carbocycles. The zero-order valence-electron chi connectivity index (χ0n) is 13.3. The van der Waals surface area contributed by atoms with Gasteiger partial charge < -0.3 is 19.3 Å². The Kier molecular flexibility index (Phi) is 4.82. The highest BCUT2D eigenvalue weighted by Crippen LogP contribution is 2.25. The molecule has 0 radical (unpaired) electrons. The smallest absolute Gasteiger partial charge is 0.287 e. The van der Waals surface area contributed by atoms with Crippen LogP contribution in [-0.4, -0.2) is 17.1 Å². The van der Waals surface area contributed by atoms with Crippen molar-refractivity contribution in [3.8, 4) is 11.1 Å². The van der Waals surface area contributed by atoms with Crippen molar-refractivity contribution in [3.05, 3.63) is 72.6 Å². The summed E-state index contributed by atoms with van der Waals surface area (Å²) in [5.74, 6) is 0.442. The normalized spacial score (nSPS) is 13.4. The lowest BCUT2D eigenvalue weighted by Gasteiger charge is -2.16. The summed E-state index contributed by atoms with van der Waals surface area (Å²) in [6.45, 7) is 1.83. The second-order valence-corrected chi connectivity index (χ2v) is 5.67. The monoisotopic (exact) mass is 325 g/mol. The van der Waals surface area contributed by atoms with Gasteiger partial charge in [-0.1, -0.05) is 30.3 Å². The molecule has 124 valence electrons. The third kappa shape index (κ3) is 3.58. The molecule has 2 atom stereocenters. The summed E-state index contributed by atoms with van der Waals surface area (Å²) in [5, 5.41) is 12.9. The van der Waals surface area contributed by atoms with Crippen molar-refractivity contribution < 1.29 is 18.7 Å². The number of rotatable bonds is 6. The van der Waals surface area contributed by atoms with E-state index in [1.54, 1.807) is 18.2 Å². The summed E-state index contributed by atoms with van der Waals surface area (Å²) in [6, 6.07) is 14.5. The Morgan fingerprint density at radius 3 is 2.58 bits per heavy atom. The lowest BCUT2D eigenvalue weighted by Crippen LogP contribution is -2.33. The third-order valence-electron chi connectivity index (χ3n) is 3.78. The molecule has 0 saturated heterocycles. The van der Waals surface area contributed by atoms with E-state index in [1.165, 1.54) is 12.5 Å². The number of nitrogens with one attached hydrogen (secondary N) is 1. The van der Waals surface area contributed by atoms with Crippen molar-refractivity contribution in [1.82, 2.24) is 5.32 Å². The summed E-state index contributed by atoms with van der Waals surface area (Å²) < 4.78 is 10.5. The second-order valence-electron chi connectivity index (χ2n) is 5.67. The quantitative estimate of drug-likeness (QED) is 0.723. The van der Waals surface area contributed by atoms with Crippen LogP contribution in [0.2, 0.25) is 0 Å². The van der Waals surface area contributed by atoms with Crippen molar-refractivity contribution in [2.75, 3.05) is 0 Å². The Bertz CT molecular complexity index is 777. The molecule has 3 rings (SSSR count). The van der Waals surface area contributed by atoms with E-state index >= 15 is 0 Å². The molecule has 0 aliphatic heterocycles. The first-order valence-electron chi connectivity index (χ1n) is 7.80. The number of hydrogen-bond donors (Lipinski definition) is 2. The van der Waals surface area contributed by atoms with Gasteiger partial charge in [-0.25, -0.2) is 0 Å². The summed E-state index contributed by atoms with van der Waals surface area (Å²) >= 11 is 0. The van der Waals surface area contributed by atoms with Crippen molar-refractivity contribution in [2.24, 2.45) is 0 Å². The number of hydrogen-bond acceptors (Lipinski definition) is 4. The van der Waals surface area contributed by atoms with E-state index in [9.17, 15) is 9.90 Å². The average molecular weight is 325 g/mol. The highest BCUT2D eigenvalue weighted by molar-refractivity contribution is 5.98. The summed E-state index contributed by atoms with van der Waals surface area (Å²) in [7, 11) is 0.